The number of carbonyl (C=O) groups is 1. The summed E-state index contributed by atoms with van der Waals surface area (Å²) >= 11 is 0. The minimum atomic E-state index is -0.920. The van der Waals surface area contributed by atoms with Crippen LogP contribution in [0.3, 0.4) is 0 Å². The summed E-state index contributed by atoms with van der Waals surface area (Å²) in [6.07, 6.45) is 0.881. The maximum Gasteiger partial charge on any atom is 0.313 e. The molecule has 0 saturated heterocycles. The Morgan fingerprint density at radius 3 is 2.44 bits per heavy atom. The molecule has 5 rings (SSSR count). The third-order valence-electron chi connectivity index (χ3n) is 7.60. The van der Waals surface area contributed by atoms with Gasteiger partial charge in [-0.25, -0.2) is 0 Å². The highest BCUT2D eigenvalue weighted by atomic mass is 16.5. The molecule has 1 aliphatic rings. The van der Waals surface area contributed by atoms with Crippen molar-refractivity contribution in [2.45, 2.75) is 50.7 Å². The number of hydrogen-bond acceptors (Lipinski definition) is 3. The van der Waals surface area contributed by atoms with Crippen molar-refractivity contribution in [3.63, 3.8) is 0 Å². The van der Waals surface area contributed by atoms with E-state index in [0.29, 0.717) is 0 Å². The second-order valence-corrected chi connectivity index (χ2v) is 10.3. The number of rotatable bonds is 7. The van der Waals surface area contributed by atoms with E-state index in [2.05, 4.69) is 79.0 Å². The van der Waals surface area contributed by atoms with E-state index in [-0.39, 0.29) is 18.1 Å². The lowest BCUT2D eigenvalue weighted by molar-refractivity contribution is -0.142. The highest BCUT2D eigenvalue weighted by molar-refractivity contribution is 5.86. The summed E-state index contributed by atoms with van der Waals surface area (Å²) in [5.41, 5.74) is 3.54. The Morgan fingerprint density at radius 1 is 0.972 bits per heavy atom. The van der Waals surface area contributed by atoms with Gasteiger partial charge in [0.2, 0.25) is 0 Å². The molecule has 0 aromatic heterocycles. The molecule has 4 heteroatoms. The first-order chi connectivity index (χ1) is 17.3. The second-order valence-electron chi connectivity index (χ2n) is 10.3. The van der Waals surface area contributed by atoms with Crippen molar-refractivity contribution in [3.05, 3.63) is 113 Å². The van der Waals surface area contributed by atoms with E-state index in [1.807, 2.05) is 24.3 Å². The maximum absolute atomic E-state index is 11.7. The van der Waals surface area contributed by atoms with Gasteiger partial charge in [0.25, 0.3) is 0 Å². The molecule has 0 saturated carbocycles. The molecule has 3 atom stereocenters. The predicted molar refractivity (Wildman–Crippen MR) is 145 cm³/mol. The van der Waals surface area contributed by atoms with Crippen LogP contribution in [-0.4, -0.2) is 23.7 Å². The van der Waals surface area contributed by atoms with Gasteiger partial charge in [-0.2, -0.15) is 0 Å². The lowest BCUT2D eigenvalue weighted by Crippen LogP contribution is -2.37. The van der Waals surface area contributed by atoms with Gasteiger partial charge in [0.15, 0.2) is 0 Å². The van der Waals surface area contributed by atoms with Crippen LogP contribution < -0.4 is 10.1 Å². The van der Waals surface area contributed by atoms with Gasteiger partial charge in [0, 0.05) is 24.1 Å². The molecule has 0 spiro atoms. The smallest absolute Gasteiger partial charge is 0.313 e. The molecule has 0 fully saturated rings. The Bertz CT molecular complexity index is 1370. The average molecular weight is 480 g/mol. The standard InChI is InChI=1S/C32H33NO3/c1-21(26-13-8-10-22-9-4-5-11-27(22)26)33-20-25-19-29(28-12-6-7-14-30(28)36-25)23-15-17-24(18-16-23)32(2,3)31(34)35/h4-18,21,25,29,33H,19-20H2,1-3H3,(H,34,35). The van der Waals surface area contributed by atoms with Gasteiger partial charge in [-0.05, 0) is 60.7 Å². The number of aliphatic carboxylic acids is 1. The maximum atomic E-state index is 11.7. The molecule has 0 aliphatic carbocycles. The first-order valence-electron chi connectivity index (χ1n) is 12.6. The van der Waals surface area contributed by atoms with E-state index in [4.69, 9.17) is 4.74 Å². The lowest BCUT2D eigenvalue weighted by atomic mass is 9.80. The molecule has 3 unspecified atom stereocenters. The van der Waals surface area contributed by atoms with Crippen molar-refractivity contribution in [2.75, 3.05) is 6.54 Å². The molecule has 1 aliphatic heterocycles. The van der Waals surface area contributed by atoms with Crippen molar-refractivity contribution in [2.24, 2.45) is 0 Å². The van der Waals surface area contributed by atoms with Crippen LogP contribution in [0.4, 0.5) is 0 Å². The predicted octanol–water partition coefficient (Wildman–Crippen LogP) is 6.84. The zero-order chi connectivity index (χ0) is 25.3. The van der Waals surface area contributed by atoms with Crippen molar-refractivity contribution < 1.29 is 14.6 Å². The summed E-state index contributed by atoms with van der Waals surface area (Å²) in [6, 6.07) is 31.5. The largest absolute Gasteiger partial charge is 0.489 e. The molecular formula is C32H33NO3. The summed E-state index contributed by atoms with van der Waals surface area (Å²) in [7, 11) is 0. The first kappa shape index (κ1) is 24.1. The minimum absolute atomic E-state index is 0.0254. The molecule has 1 heterocycles. The van der Waals surface area contributed by atoms with Gasteiger partial charge in [-0.1, -0.05) is 84.9 Å². The Balaban J connectivity index is 1.35. The van der Waals surface area contributed by atoms with Crippen LogP contribution in [0.1, 0.15) is 61.4 Å². The van der Waals surface area contributed by atoms with Crippen molar-refractivity contribution in [3.8, 4) is 5.75 Å². The molecule has 0 bridgehead atoms. The average Bonchev–Trinajstić information content (AvgIpc) is 2.91. The van der Waals surface area contributed by atoms with E-state index >= 15 is 0 Å². The molecule has 0 radical (unpaired) electrons. The number of carboxylic acids is 1. The third kappa shape index (κ3) is 4.61. The summed E-state index contributed by atoms with van der Waals surface area (Å²) in [4.78, 5) is 11.7. The molecule has 4 nitrogen and oxygen atoms in total. The van der Waals surface area contributed by atoms with E-state index in [1.165, 1.54) is 27.5 Å². The highest BCUT2D eigenvalue weighted by Crippen LogP contribution is 2.41. The molecular weight excluding hydrogens is 446 g/mol. The van der Waals surface area contributed by atoms with Gasteiger partial charge < -0.3 is 15.2 Å². The van der Waals surface area contributed by atoms with Crippen LogP contribution in [0.5, 0.6) is 5.75 Å². The zero-order valence-corrected chi connectivity index (χ0v) is 21.1. The van der Waals surface area contributed by atoms with Crippen LogP contribution >= 0.6 is 0 Å². The number of carboxylic acid groups (broad SMARTS) is 1. The topological polar surface area (TPSA) is 58.6 Å². The fraction of sp³-hybridized carbons (Fsp3) is 0.281. The van der Waals surface area contributed by atoms with Crippen LogP contribution in [0, 0.1) is 0 Å². The van der Waals surface area contributed by atoms with Gasteiger partial charge in [0.1, 0.15) is 11.9 Å². The highest BCUT2D eigenvalue weighted by Gasteiger charge is 2.32. The zero-order valence-electron chi connectivity index (χ0n) is 21.1. The fourth-order valence-electron chi connectivity index (χ4n) is 5.24. The third-order valence-corrected chi connectivity index (χ3v) is 7.60. The van der Waals surface area contributed by atoms with Crippen LogP contribution in [0.25, 0.3) is 10.8 Å². The van der Waals surface area contributed by atoms with Crippen molar-refractivity contribution >= 4 is 16.7 Å². The van der Waals surface area contributed by atoms with Gasteiger partial charge in [-0.3, -0.25) is 4.79 Å². The number of benzene rings is 4. The van der Waals surface area contributed by atoms with E-state index in [0.717, 1.165) is 24.3 Å². The first-order valence-corrected chi connectivity index (χ1v) is 12.6. The van der Waals surface area contributed by atoms with Gasteiger partial charge in [0.05, 0.1) is 5.41 Å². The number of fused-ring (bicyclic) bond motifs is 2. The second kappa shape index (κ2) is 9.79. The minimum Gasteiger partial charge on any atom is -0.489 e. The van der Waals surface area contributed by atoms with Crippen molar-refractivity contribution in [1.82, 2.24) is 5.32 Å². The number of nitrogens with one attached hydrogen (secondary N) is 1. The Hall–Kier alpha value is -3.63. The van der Waals surface area contributed by atoms with Crippen LogP contribution in [0.15, 0.2) is 91.0 Å². The monoisotopic (exact) mass is 479 g/mol. The Labute approximate surface area is 212 Å². The lowest BCUT2D eigenvalue weighted by Gasteiger charge is -2.33. The summed E-state index contributed by atoms with van der Waals surface area (Å²) in [5.74, 6) is 0.294. The molecule has 184 valence electrons. The van der Waals surface area contributed by atoms with E-state index in [9.17, 15) is 9.90 Å². The number of hydrogen-bond donors (Lipinski definition) is 2. The molecule has 36 heavy (non-hydrogen) atoms. The number of ether oxygens (including phenoxy) is 1. The molecule has 4 aromatic carbocycles. The quantitative estimate of drug-likeness (QED) is 0.305. The molecule has 2 N–H and O–H groups in total. The fourth-order valence-corrected chi connectivity index (χ4v) is 5.24. The van der Waals surface area contributed by atoms with Gasteiger partial charge >= 0.3 is 5.97 Å². The molecule has 4 aromatic rings. The summed E-state index contributed by atoms with van der Waals surface area (Å²) < 4.78 is 6.43. The Kier molecular flexibility index (Phi) is 6.55. The Morgan fingerprint density at radius 2 is 1.67 bits per heavy atom. The van der Waals surface area contributed by atoms with Crippen molar-refractivity contribution in [1.29, 1.82) is 0 Å². The SMILES string of the molecule is CC(NCC1CC(c2ccc(C(C)(C)C(=O)O)cc2)c2ccccc2O1)c1cccc2ccccc12. The number of para-hydroxylation sites is 1. The molecule has 0 amide bonds. The van der Waals surface area contributed by atoms with E-state index in [1.54, 1.807) is 13.8 Å². The van der Waals surface area contributed by atoms with Crippen LogP contribution in [0.2, 0.25) is 0 Å². The summed E-state index contributed by atoms with van der Waals surface area (Å²) in [6.45, 7) is 6.43. The normalized spacial score (nSPS) is 18.3. The summed E-state index contributed by atoms with van der Waals surface area (Å²) in [5, 5.41) is 15.8. The van der Waals surface area contributed by atoms with Crippen LogP contribution in [-0.2, 0) is 10.2 Å². The van der Waals surface area contributed by atoms with Gasteiger partial charge in [-0.15, -0.1) is 0 Å². The van der Waals surface area contributed by atoms with E-state index < -0.39 is 11.4 Å².